The Bertz CT molecular complexity index is 199. The first kappa shape index (κ1) is 21.5. The molecule has 0 N–H and O–H groups in total. The zero-order valence-electron chi connectivity index (χ0n) is 16.2. The van der Waals surface area contributed by atoms with Crippen molar-refractivity contribution in [3.8, 4) is 0 Å². The van der Waals surface area contributed by atoms with E-state index in [0.29, 0.717) is 24.2 Å². The van der Waals surface area contributed by atoms with E-state index in [4.69, 9.17) is 0 Å². The third-order valence-electron chi connectivity index (χ3n) is 4.49. The van der Waals surface area contributed by atoms with Crippen molar-refractivity contribution in [2.45, 2.75) is 103 Å². The topological polar surface area (TPSA) is 6.48 Å². The molecule has 0 aromatic carbocycles. The predicted octanol–water partition coefficient (Wildman–Crippen LogP) is 4.01. The number of rotatable bonds is 12. The van der Waals surface area contributed by atoms with Crippen LogP contribution in [0.25, 0.3) is 0 Å². The van der Waals surface area contributed by atoms with Gasteiger partial charge in [0.15, 0.2) is 0 Å². The van der Waals surface area contributed by atoms with E-state index in [9.17, 15) is 0 Å². The van der Waals surface area contributed by atoms with Gasteiger partial charge in [-0.2, -0.15) is 0 Å². The molecule has 0 aromatic rings. The molecular formula is C18H42GeN2. The molecule has 3 heteroatoms. The maximum absolute atomic E-state index is 2.64. The summed E-state index contributed by atoms with van der Waals surface area (Å²) >= 11 is -0.254. The Morgan fingerprint density at radius 3 is 1.10 bits per heavy atom. The first-order valence-corrected chi connectivity index (χ1v) is 13.5. The number of hydrogen-bond acceptors (Lipinski definition) is 2. The summed E-state index contributed by atoms with van der Waals surface area (Å²) in [5.41, 5.74) is 0. The normalized spacial score (nSPS) is 12.9. The van der Waals surface area contributed by atoms with E-state index in [0.717, 1.165) is 0 Å². The molecule has 0 spiro atoms. The zero-order valence-corrected chi connectivity index (χ0v) is 19.1. The van der Waals surface area contributed by atoms with Crippen molar-refractivity contribution in [3.05, 3.63) is 0 Å². The van der Waals surface area contributed by atoms with E-state index >= 15 is 0 Å². The van der Waals surface area contributed by atoms with Gasteiger partial charge in [-0.1, -0.05) is 0 Å². The SMILES string of the molecule is CC(C)N(CC[CH2][GeH2][CH2]CCN(C(C)C)C(C)C)C(C)C. The minimum atomic E-state index is -0.254. The van der Waals surface area contributed by atoms with Crippen molar-refractivity contribution >= 4 is 15.4 Å². The van der Waals surface area contributed by atoms with Gasteiger partial charge >= 0.3 is 141 Å². The van der Waals surface area contributed by atoms with Crippen molar-refractivity contribution in [2.75, 3.05) is 13.1 Å². The Morgan fingerprint density at radius 1 is 0.571 bits per heavy atom. The van der Waals surface area contributed by atoms with Crippen molar-refractivity contribution in [3.63, 3.8) is 0 Å². The van der Waals surface area contributed by atoms with Crippen molar-refractivity contribution < 1.29 is 0 Å². The second kappa shape index (κ2) is 12.0. The minimum absolute atomic E-state index is 0.254. The molecule has 0 atom stereocenters. The molecule has 0 heterocycles. The fourth-order valence-electron chi connectivity index (χ4n) is 3.34. The molecule has 0 aliphatic rings. The Balaban J connectivity index is 3.68. The van der Waals surface area contributed by atoms with Gasteiger partial charge in [0.05, 0.1) is 0 Å². The summed E-state index contributed by atoms with van der Waals surface area (Å²) in [6.45, 7) is 21.2. The Labute approximate surface area is 141 Å². The predicted molar refractivity (Wildman–Crippen MR) is 101 cm³/mol. The molecule has 0 bridgehead atoms. The molecule has 0 saturated carbocycles. The van der Waals surface area contributed by atoms with Gasteiger partial charge in [0.2, 0.25) is 0 Å². The van der Waals surface area contributed by atoms with E-state index in [1.165, 1.54) is 25.9 Å². The van der Waals surface area contributed by atoms with Crippen LogP contribution in [0.3, 0.4) is 0 Å². The molecule has 0 aliphatic heterocycles. The number of nitrogens with zero attached hydrogens (tertiary/aromatic N) is 2. The molecule has 0 aromatic heterocycles. The molecule has 0 radical (unpaired) electrons. The Kier molecular flexibility index (Phi) is 12.2. The third kappa shape index (κ3) is 9.96. The standard InChI is InChI=1S/C18H42GeN2/c1-15(2)20(16(3)4)13-9-11-19-12-10-14-21(17(5)6)18(7)8/h15-18H,9-14,19H2,1-8H3. The fourth-order valence-corrected chi connectivity index (χ4v) is 6.51. The van der Waals surface area contributed by atoms with E-state index < -0.39 is 0 Å². The van der Waals surface area contributed by atoms with Crippen molar-refractivity contribution in [2.24, 2.45) is 0 Å². The third-order valence-corrected chi connectivity index (χ3v) is 8.68. The van der Waals surface area contributed by atoms with Gasteiger partial charge in [-0.05, 0) is 0 Å². The summed E-state index contributed by atoms with van der Waals surface area (Å²) in [7, 11) is 0. The van der Waals surface area contributed by atoms with Gasteiger partial charge < -0.3 is 0 Å². The summed E-state index contributed by atoms with van der Waals surface area (Å²) in [6, 6.07) is 2.79. The van der Waals surface area contributed by atoms with Crippen LogP contribution in [0.5, 0.6) is 0 Å². The summed E-state index contributed by atoms with van der Waals surface area (Å²) < 4.78 is 0. The molecule has 0 unspecified atom stereocenters. The van der Waals surface area contributed by atoms with E-state index in [1.807, 2.05) is 0 Å². The van der Waals surface area contributed by atoms with Gasteiger partial charge in [0.25, 0.3) is 0 Å². The summed E-state index contributed by atoms with van der Waals surface area (Å²) in [5.74, 6) is 0. The van der Waals surface area contributed by atoms with E-state index in [2.05, 4.69) is 65.2 Å². The van der Waals surface area contributed by atoms with Crippen LogP contribution in [0.4, 0.5) is 0 Å². The van der Waals surface area contributed by atoms with Gasteiger partial charge in [-0.3, -0.25) is 0 Å². The van der Waals surface area contributed by atoms with Crippen LogP contribution >= 0.6 is 0 Å². The van der Waals surface area contributed by atoms with Gasteiger partial charge in [-0.15, -0.1) is 0 Å². The van der Waals surface area contributed by atoms with Crippen molar-refractivity contribution in [1.82, 2.24) is 9.80 Å². The molecule has 0 aliphatic carbocycles. The monoisotopic (exact) mass is 360 g/mol. The van der Waals surface area contributed by atoms with Crippen LogP contribution in [-0.2, 0) is 0 Å². The summed E-state index contributed by atoms with van der Waals surface area (Å²) in [5, 5.41) is 3.15. The Morgan fingerprint density at radius 2 is 0.857 bits per heavy atom. The first-order valence-electron chi connectivity index (χ1n) is 9.28. The molecule has 21 heavy (non-hydrogen) atoms. The molecular weight excluding hydrogens is 317 g/mol. The second-order valence-corrected chi connectivity index (χ2v) is 12.1. The summed E-state index contributed by atoms with van der Waals surface area (Å²) in [4.78, 5) is 5.28. The van der Waals surface area contributed by atoms with Crippen molar-refractivity contribution in [1.29, 1.82) is 0 Å². The summed E-state index contributed by atoms with van der Waals surface area (Å²) in [6.07, 6.45) is 2.88. The molecule has 128 valence electrons. The van der Waals surface area contributed by atoms with Crippen LogP contribution in [-0.4, -0.2) is 62.5 Å². The van der Waals surface area contributed by atoms with Crippen LogP contribution < -0.4 is 0 Å². The van der Waals surface area contributed by atoms with Gasteiger partial charge in [0.1, 0.15) is 0 Å². The van der Waals surface area contributed by atoms with E-state index in [-0.39, 0.29) is 15.4 Å². The van der Waals surface area contributed by atoms with Gasteiger partial charge in [-0.25, -0.2) is 0 Å². The quantitative estimate of drug-likeness (QED) is 0.384. The van der Waals surface area contributed by atoms with Crippen LogP contribution in [0.2, 0.25) is 10.5 Å². The molecule has 0 fully saturated rings. The van der Waals surface area contributed by atoms with E-state index in [1.54, 1.807) is 10.5 Å². The van der Waals surface area contributed by atoms with Crippen LogP contribution in [0, 0.1) is 0 Å². The van der Waals surface area contributed by atoms with Crippen LogP contribution in [0.1, 0.15) is 68.2 Å². The number of hydrogen-bond donors (Lipinski definition) is 0. The molecule has 2 nitrogen and oxygen atoms in total. The Hall–Kier alpha value is 0.463. The average Bonchev–Trinajstić information content (AvgIpc) is 2.34. The molecule has 0 amide bonds. The first-order chi connectivity index (χ1) is 9.77. The molecule has 0 saturated heterocycles. The van der Waals surface area contributed by atoms with Crippen LogP contribution in [0.15, 0.2) is 0 Å². The molecule has 0 rings (SSSR count). The average molecular weight is 359 g/mol. The fraction of sp³-hybridized carbons (Fsp3) is 1.00. The zero-order chi connectivity index (χ0) is 16.4. The second-order valence-electron chi connectivity index (χ2n) is 7.62. The van der Waals surface area contributed by atoms with Gasteiger partial charge in [0, 0.05) is 0 Å². The maximum atomic E-state index is 2.64.